The maximum absolute atomic E-state index is 12.7. The molecule has 7 nitrogen and oxygen atoms in total. The molecule has 28 heavy (non-hydrogen) atoms. The number of amides is 1. The molecule has 0 fully saturated rings. The molecule has 1 atom stereocenters. The highest BCUT2D eigenvalue weighted by Crippen LogP contribution is 2.22. The van der Waals surface area contributed by atoms with E-state index in [4.69, 9.17) is 17.3 Å². The molecular formula is C20H22ClN5O2. The van der Waals surface area contributed by atoms with Gasteiger partial charge in [-0.05, 0) is 37.1 Å². The highest BCUT2D eigenvalue weighted by molar-refractivity contribution is 6.27. The molecule has 1 heterocycles. The molecule has 0 radical (unpaired) electrons. The Kier molecular flexibility index (Phi) is 6.49. The van der Waals surface area contributed by atoms with Gasteiger partial charge in [-0.15, -0.1) is 11.6 Å². The Morgan fingerprint density at radius 2 is 2.00 bits per heavy atom. The molecule has 1 aromatic heterocycles. The van der Waals surface area contributed by atoms with E-state index < -0.39 is 0 Å². The van der Waals surface area contributed by atoms with Gasteiger partial charge < -0.3 is 21.1 Å². The number of aromatic hydroxyl groups is 1. The van der Waals surface area contributed by atoms with E-state index in [1.54, 1.807) is 18.2 Å². The van der Waals surface area contributed by atoms with Crippen molar-refractivity contribution >= 4 is 34.4 Å². The molecule has 0 aliphatic carbocycles. The predicted octanol–water partition coefficient (Wildman–Crippen LogP) is 3.12. The molecule has 1 amide bonds. The summed E-state index contributed by atoms with van der Waals surface area (Å²) in [7, 11) is 0. The Labute approximate surface area is 167 Å². The third-order valence-electron chi connectivity index (χ3n) is 4.29. The number of imidazole rings is 1. The number of H-pyrrole nitrogens is 1. The Morgan fingerprint density at radius 1 is 1.25 bits per heavy atom. The number of alkyl halides is 1. The van der Waals surface area contributed by atoms with E-state index in [1.807, 2.05) is 24.3 Å². The second kappa shape index (κ2) is 9.23. The van der Waals surface area contributed by atoms with Gasteiger partial charge in [0.2, 0.25) is 0 Å². The molecule has 3 aromatic rings. The van der Waals surface area contributed by atoms with Gasteiger partial charge in [0.25, 0.3) is 5.91 Å². The first kappa shape index (κ1) is 19.7. The standard InChI is InChI=1S/C20H22ClN5O2/c21-12-18(22)23-11-5-9-16(19-24-14-7-2-3-8-15(14)25-19)26-20(28)13-6-1-4-10-17(13)27/h1-4,6-8,10,16,27H,5,9,11-12H2,(H2,22,23)(H,24,25)(H,26,28)/t16-/m0/s1. The summed E-state index contributed by atoms with van der Waals surface area (Å²) in [6.45, 7) is 0.502. The van der Waals surface area contributed by atoms with Crippen LogP contribution in [0.2, 0.25) is 0 Å². The summed E-state index contributed by atoms with van der Waals surface area (Å²) < 4.78 is 0. The molecule has 0 aliphatic heterocycles. The lowest BCUT2D eigenvalue weighted by Crippen LogP contribution is -2.29. The largest absolute Gasteiger partial charge is 0.507 e. The van der Waals surface area contributed by atoms with Gasteiger partial charge >= 0.3 is 0 Å². The van der Waals surface area contributed by atoms with E-state index in [0.29, 0.717) is 31.0 Å². The number of rotatable bonds is 8. The first-order chi connectivity index (χ1) is 13.6. The summed E-state index contributed by atoms with van der Waals surface area (Å²) >= 11 is 5.63. The third-order valence-corrected chi connectivity index (χ3v) is 4.57. The first-order valence-electron chi connectivity index (χ1n) is 8.96. The van der Waals surface area contributed by atoms with Gasteiger partial charge in [-0.1, -0.05) is 24.3 Å². The monoisotopic (exact) mass is 399 g/mol. The van der Waals surface area contributed by atoms with Gasteiger partial charge in [-0.3, -0.25) is 9.79 Å². The molecule has 2 aromatic carbocycles. The SMILES string of the molecule is NC(CCl)=NCCC[C@H](NC(=O)c1ccccc1O)c1nc2ccccc2[nH]1. The van der Waals surface area contributed by atoms with Gasteiger partial charge in [-0.2, -0.15) is 0 Å². The number of phenols is 1. The number of phenolic OH excluding ortho intramolecular Hbond substituents is 1. The Morgan fingerprint density at radius 3 is 2.75 bits per heavy atom. The summed E-state index contributed by atoms with van der Waals surface area (Å²) in [5.74, 6) is 0.798. The zero-order valence-electron chi connectivity index (χ0n) is 15.2. The number of halogens is 1. The quantitative estimate of drug-likeness (QED) is 0.201. The number of benzene rings is 2. The van der Waals surface area contributed by atoms with Crippen molar-refractivity contribution in [3.63, 3.8) is 0 Å². The highest BCUT2D eigenvalue weighted by Gasteiger charge is 2.20. The number of aromatic amines is 1. The van der Waals surface area contributed by atoms with E-state index in [-0.39, 0.29) is 29.1 Å². The fourth-order valence-electron chi connectivity index (χ4n) is 2.88. The van der Waals surface area contributed by atoms with Crippen molar-refractivity contribution in [2.24, 2.45) is 10.7 Å². The molecule has 0 saturated heterocycles. The Bertz CT molecular complexity index is 952. The molecule has 146 valence electrons. The first-order valence-corrected chi connectivity index (χ1v) is 9.50. The lowest BCUT2D eigenvalue weighted by molar-refractivity contribution is 0.0930. The smallest absolute Gasteiger partial charge is 0.255 e. The van der Waals surface area contributed by atoms with Gasteiger partial charge in [0.05, 0.1) is 28.5 Å². The van der Waals surface area contributed by atoms with Crippen molar-refractivity contribution in [3.8, 4) is 5.75 Å². The van der Waals surface area contributed by atoms with E-state index in [0.717, 1.165) is 11.0 Å². The van der Waals surface area contributed by atoms with Crippen LogP contribution in [-0.4, -0.2) is 39.2 Å². The Hall–Kier alpha value is -3.06. The molecule has 0 unspecified atom stereocenters. The fourth-order valence-corrected chi connectivity index (χ4v) is 2.96. The number of nitrogens with two attached hydrogens (primary N) is 1. The fraction of sp³-hybridized carbons (Fsp3) is 0.250. The normalized spacial score (nSPS) is 12.8. The van der Waals surface area contributed by atoms with Crippen molar-refractivity contribution in [2.75, 3.05) is 12.4 Å². The van der Waals surface area contributed by atoms with Gasteiger partial charge in [0, 0.05) is 6.54 Å². The van der Waals surface area contributed by atoms with Crippen LogP contribution in [0.25, 0.3) is 11.0 Å². The van der Waals surface area contributed by atoms with Crippen LogP contribution in [0.5, 0.6) is 5.75 Å². The van der Waals surface area contributed by atoms with E-state index >= 15 is 0 Å². The highest BCUT2D eigenvalue weighted by atomic mass is 35.5. The average molecular weight is 400 g/mol. The number of nitrogens with one attached hydrogen (secondary N) is 2. The van der Waals surface area contributed by atoms with Gasteiger partial charge in [0.1, 0.15) is 17.4 Å². The number of aromatic nitrogens is 2. The van der Waals surface area contributed by atoms with Crippen molar-refractivity contribution in [3.05, 3.63) is 59.9 Å². The maximum atomic E-state index is 12.7. The minimum absolute atomic E-state index is 0.0668. The number of aliphatic imine (C=N–C) groups is 1. The van der Waals surface area contributed by atoms with Crippen LogP contribution in [-0.2, 0) is 0 Å². The van der Waals surface area contributed by atoms with Crippen molar-refractivity contribution < 1.29 is 9.90 Å². The maximum Gasteiger partial charge on any atom is 0.255 e. The summed E-state index contributed by atoms with van der Waals surface area (Å²) in [6.07, 6.45) is 1.28. The van der Waals surface area contributed by atoms with Crippen LogP contribution >= 0.6 is 11.6 Å². The number of hydrogen-bond acceptors (Lipinski definition) is 4. The van der Waals surface area contributed by atoms with Crippen LogP contribution in [0.3, 0.4) is 0 Å². The number of carbonyl (C=O) groups is 1. The van der Waals surface area contributed by atoms with Crippen LogP contribution < -0.4 is 11.1 Å². The average Bonchev–Trinajstić information content (AvgIpc) is 3.14. The molecule has 5 N–H and O–H groups in total. The molecule has 0 aliphatic rings. The lowest BCUT2D eigenvalue weighted by Gasteiger charge is -2.17. The van der Waals surface area contributed by atoms with Crippen molar-refractivity contribution in [1.29, 1.82) is 0 Å². The lowest BCUT2D eigenvalue weighted by atomic mass is 10.1. The molecule has 3 rings (SSSR count). The summed E-state index contributed by atoms with van der Waals surface area (Å²) in [6, 6.07) is 13.7. The van der Waals surface area contributed by atoms with E-state index in [9.17, 15) is 9.90 Å². The number of hydrogen-bond donors (Lipinski definition) is 4. The molecule has 8 heteroatoms. The minimum atomic E-state index is -0.369. The number of amidine groups is 1. The Balaban J connectivity index is 1.79. The third kappa shape index (κ3) is 4.80. The summed E-state index contributed by atoms with van der Waals surface area (Å²) in [5.41, 5.74) is 7.56. The minimum Gasteiger partial charge on any atom is -0.507 e. The van der Waals surface area contributed by atoms with Gasteiger partial charge in [-0.25, -0.2) is 4.98 Å². The molecule has 0 bridgehead atoms. The number of para-hydroxylation sites is 3. The van der Waals surface area contributed by atoms with Crippen molar-refractivity contribution in [1.82, 2.24) is 15.3 Å². The van der Waals surface area contributed by atoms with Crippen LogP contribution in [0.1, 0.15) is 35.1 Å². The van der Waals surface area contributed by atoms with E-state index in [2.05, 4.69) is 20.3 Å². The number of carbonyl (C=O) groups excluding carboxylic acids is 1. The summed E-state index contributed by atoms with van der Waals surface area (Å²) in [5, 5.41) is 12.9. The zero-order valence-corrected chi connectivity index (χ0v) is 16.0. The summed E-state index contributed by atoms with van der Waals surface area (Å²) in [4.78, 5) is 24.7. The van der Waals surface area contributed by atoms with Gasteiger partial charge in [0.15, 0.2) is 0 Å². The van der Waals surface area contributed by atoms with E-state index in [1.165, 1.54) is 6.07 Å². The molecule has 0 saturated carbocycles. The topological polar surface area (TPSA) is 116 Å². The predicted molar refractivity (Wildman–Crippen MR) is 111 cm³/mol. The molecular weight excluding hydrogens is 378 g/mol. The second-order valence-corrected chi connectivity index (χ2v) is 6.60. The van der Waals surface area contributed by atoms with Crippen LogP contribution in [0, 0.1) is 0 Å². The van der Waals surface area contributed by atoms with Crippen LogP contribution in [0.4, 0.5) is 0 Å². The zero-order chi connectivity index (χ0) is 19.9. The van der Waals surface area contributed by atoms with Crippen LogP contribution in [0.15, 0.2) is 53.5 Å². The number of fused-ring (bicyclic) bond motifs is 1. The number of nitrogens with zero attached hydrogens (tertiary/aromatic N) is 2. The van der Waals surface area contributed by atoms with Crippen molar-refractivity contribution in [2.45, 2.75) is 18.9 Å². The molecule has 0 spiro atoms. The second-order valence-electron chi connectivity index (χ2n) is 6.33.